The number of nitrogens with one attached hydrogen (secondary N) is 1. The summed E-state index contributed by atoms with van der Waals surface area (Å²) in [5, 5.41) is 6.78. The lowest BCUT2D eigenvalue weighted by Gasteiger charge is -2.04. The lowest BCUT2D eigenvalue weighted by Crippen LogP contribution is -2.03. The van der Waals surface area contributed by atoms with E-state index in [2.05, 4.69) is 27.6 Å². The van der Waals surface area contributed by atoms with Gasteiger partial charge < -0.3 is 5.32 Å². The lowest BCUT2D eigenvalue weighted by molar-refractivity contribution is 1.11. The number of fused-ring (bicyclic) bond motifs is 1. The molecule has 0 amide bonds. The Kier molecular flexibility index (Phi) is 1.70. The maximum absolute atomic E-state index is 4.30. The molecule has 1 fully saturated rings. The van der Waals surface area contributed by atoms with E-state index >= 15 is 0 Å². The first-order valence-electron chi connectivity index (χ1n) is 4.80. The summed E-state index contributed by atoms with van der Waals surface area (Å²) in [5.41, 5.74) is 1.27. The highest BCUT2D eigenvalue weighted by Gasteiger charge is 2.22. The summed E-state index contributed by atoms with van der Waals surface area (Å²) < 4.78 is 0. The third-order valence-corrected chi connectivity index (χ3v) is 3.48. The van der Waals surface area contributed by atoms with Crippen LogP contribution in [0.4, 0.5) is 5.82 Å². The van der Waals surface area contributed by atoms with Crippen LogP contribution in [0.3, 0.4) is 0 Å². The number of aryl methyl sites for hydroxylation is 1. The monoisotopic (exact) mass is 205 g/mol. The minimum atomic E-state index is 0.646. The molecule has 1 saturated carbocycles. The van der Waals surface area contributed by atoms with Gasteiger partial charge in [-0.3, -0.25) is 0 Å². The van der Waals surface area contributed by atoms with Gasteiger partial charge in [-0.1, -0.05) is 0 Å². The van der Waals surface area contributed by atoms with Crippen molar-refractivity contribution in [3.05, 3.63) is 17.3 Å². The van der Waals surface area contributed by atoms with E-state index in [1.165, 1.54) is 23.8 Å². The van der Waals surface area contributed by atoms with Gasteiger partial charge >= 0.3 is 0 Å². The molecule has 3 nitrogen and oxygen atoms in total. The lowest BCUT2D eigenvalue weighted by atomic mass is 10.2. The molecule has 0 unspecified atom stereocenters. The molecule has 2 aromatic heterocycles. The molecule has 0 bridgehead atoms. The fourth-order valence-electron chi connectivity index (χ4n) is 1.55. The highest BCUT2D eigenvalue weighted by Crippen LogP contribution is 2.31. The zero-order chi connectivity index (χ0) is 9.54. The average molecular weight is 205 g/mol. The van der Waals surface area contributed by atoms with Gasteiger partial charge in [0, 0.05) is 6.04 Å². The van der Waals surface area contributed by atoms with Gasteiger partial charge in [0.2, 0.25) is 0 Å². The van der Waals surface area contributed by atoms with Gasteiger partial charge in [-0.2, -0.15) is 0 Å². The molecule has 2 aromatic rings. The van der Waals surface area contributed by atoms with Gasteiger partial charge in [-0.15, -0.1) is 11.3 Å². The Hall–Kier alpha value is -1.16. The van der Waals surface area contributed by atoms with E-state index in [1.54, 1.807) is 17.7 Å². The quantitative estimate of drug-likeness (QED) is 0.818. The SMILES string of the molecule is Cc1csc2ncnc(NC3CC3)c12. The van der Waals surface area contributed by atoms with Crippen LogP contribution in [0.5, 0.6) is 0 Å². The van der Waals surface area contributed by atoms with Crippen molar-refractivity contribution >= 4 is 27.4 Å². The number of aromatic nitrogens is 2. The summed E-state index contributed by atoms with van der Waals surface area (Å²) in [7, 11) is 0. The topological polar surface area (TPSA) is 37.8 Å². The normalized spacial score (nSPS) is 16.1. The van der Waals surface area contributed by atoms with Crippen molar-refractivity contribution in [3.63, 3.8) is 0 Å². The third kappa shape index (κ3) is 1.26. The summed E-state index contributed by atoms with van der Waals surface area (Å²) in [6.45, 7) is 2.11. The molecule has 0 saturated heterocycles. The van der Waals surface area contributed by atoms with E-state index in [9.17, 15) is 0 Å². The molecule has 1 N–H and O–H groups in total. The molecular formula is C10H11N3S. The van der Waals surface area contributed by atoms with Gasteiger partial charge in [0.15, 0.2) is 0 Å². The molecule has 14 heavy (non-hydrogen) atoms. The van der Waals surface area contributed by atoms with E-state index in [0.29, 0.717) is 6.04 Å². The fraction of sp³-hybridized carbons (Fsp3) is 0.400. The van der Waals surface area contributed by atoms with Crippen molar-refractivity contribution in [2.75, 3.05) is 5.32 Å². The Balaban J connectivity index is 2.14. The second kappa shape index (κ2) is 2.92. The van der Waals surface area contributed by atoms with Crippen LogP contribution in [0.1, 0.15) is 18.4 Å². The van der Waals surface area contributed by atoms with Crippen molar-refractivity contribution in [2.24, 2.45) is 0 Å². The smallest absolute Gasteiger partial charge is 0.138 e. The van der Waals surface area contributed by atoms with Crippen LogP contribution in [0, 0.1) is 6.92 Å². The van der Waals surface area contributed by atoms with Crippen LogP contribution in [0.25, 0.3) is 10.2 Å². The van der Waals surface area contributed by atoms with E-state index < -0.39 is 0 Å². The number of rotatable bonds is 2. The van der Waals surface area contributed by atoms with Crippen LogP contribution in [0.2, 0.25) is 0 Å². The molecule has 1 aliphatic carbocycles. The van der Waals surface area contributed by atoms with Crippen LogP contribution >= 0.6 is 11.3 Å². The second-order valence-corrected chi connectivity index (χ2v) is 4.60. The Labute approximate surface area is 86.2 Å². The molecular weight excluding hydrogens is 194 g/mol. The Morgan fingerprint density at radius 1 is 1.43 bits per heavy atom. The Morgan fingerprint density at radius 2 is 2.29 bits per heavy atom. The summed E-state index contributed by atoms with van der Waals surface area (Å²) >= 11 is 1.68. The van der Waals surface area contributed by atoms with Crippen molar-refractivity contribution in [1.82, 2.24) is 9.97 Å². The molecule has 0 radical (unpaired) electrons. The van der Waals surface area contributed by atoms with E-state index in [0.717, 1.165) is 10.6 Å². The fourth-order valence-corrected chi connectivity index (χ4v) is 2.44. The molecule has 4 heteroatoms. The first-order chi connectivity index (χ1) is 6.84. The minimum absolute atomic E-state index is 0.646. The van der Waals surface area contributed by atoms with Crippen molar-refractivity contribution < 1.29 is 0 Å². The van der Waals surface area contributed by atoms with Crippen LogP contribution in [-0.4, -0.2) is 16.0 Å². The Bertz CT molecular complexity index is 473. The van der Waals surface area contributed by atoms with Crippen LogP contribution in [-0.2, 0) is 0 Å². The van der Waals surface area contributed by atoms with Gasteiger partial charge in [0.1, 0.15) is 17.0 Å². The van der Waals surface area contributed by atoms with Gasteiger partial charge in [-0.25, -0.2) is 9.97 Å². The largest absolute Gasteiger partial charge is 0.367 e. The molecule has 2 heterocycles. The summed E-state index contributed by atoms with van der Waals surface area (Å²) in [5.74, 6) is 1.01. The number of nitrogens with zero attached hydrogens (tertiary/aromatic N) is 2. The minimum Gasteiger partial charge on any atom is -0.367 e. The third-order valence-electron chi connectivity index (χ3n) is 2.47. The predicted octanol–water partition coefficient (Wildman–Crippen LogP) is 2.57. The zero-order valence-corrected chi connectivity index (χ0v) is 8.77. The van der Waals surface area contributed by atoms with E-state index in [1.807, 2.05) is 0 Å². The summed E-state index contributed by atoms with van der Waals surface area (Å²) in [4.78, 5) is 9.65. The Morgan fingerprint density at radius 3 is 3.07 bits per heavy atom. The molecule has 0 aliphatic heterocycles. The summed E-state index contributed by atoms with van der Waals surface area (Å²) in [6, 6.07) is 0.646. The van der Waals surface area contributed by atoms with Crippen molar-refractivity contribution in [2.45, 2.75) is 25.8 Å². The van der Waals surface area contributed by atoms with Gasteiger partial charge in [-0.05, 0) is 30.7 Å². The van der Waals surface area contributed by atoms with Gasteiger partial charge in [0.05, 0.1) is 5.39 Å². The zero-order valence-electron chi connectivity index (χ0n) is 7.95. The number of hydrogen-bond acceptors (Lipinski definition) is 4. The standard InChI is InChI=1S/C10H11N3S/c1-6-4-14-10-8(6)9(11-5-12-10)13-7-2-3-7/h4-5,7H,2-3H2,1H3,(H,11,12,13). The van der Waals surface area contributed by atoms with Gasteiger partial charge in [0.25, 0.3) is 0 Å². The molecule has 0 atom stereocenters. The average Bonchev–Trinajstić information content (AvgIpc) is 2.91. The number of thiophene rings is 1. The molecule has 0 aromatic carbocycles. The molecule has 1 aliphatic rings. The van der Waals surface area contributed by atoms with E-state index in [4.69, 9.17) is 0 Å². The van der Waals surface area contributed by atoms with Crippen molar-refractivity contribution in [3.8, 4) is 0 Å². The first kappa shape index (κ1) is 8.17. The van der Waals surface area contributed by atoms with Crippen LogP contribution in [0.15, 0.2) is 11.7 Å². The highest BCUT2D eigenvalue weighted by molar-refractivity contribution is 7.17. The van der Waals surface area contributed by atoms with E-state index in [-0.39, 0.29) is 0 Å². The second-order valence-electron chi connectivity index (χ2n) is 3.74. The maximum atomic E-state index is 4.30. The number of anilines is 1. The molecule has 72 valence electrons. The van der Waals surface area contributed by atoms with Crippen molar-refractivity contribution in [1.29, 1.82) is 0 Å². The summed E-state index contributed by atoms with van der Waals surface area (Å²) in [6.07, 6.45) is 4.19. The molecule has 3 rings (SSSR count). The number of hydrogen-bond donors (Lipinski definition) is 1. The predicted molar refractivity (Wildman–Crippen MR) is 58.8 cm³/mol. The molecule has 0 spiro atoms. The van der Waals surface area contributed by atoms with Crippen LogP contribution < -0.4 is 5.32 Å². The maximum Gasteiger partial charge on any atom is 0.138 e. The first-order valence-corrected chi connectivity index (χ1v) is 5.68. The highest BCUT2D eigenvalue weighted by atomic mass is 32.1.